The van der Waals surface area contributed by atoms with Gasteiger partial charge >= 0.3 is 5.69 Å². The first kappa shape index (κ1) is 15.7. The summed E-state index contributed by atoms with van der Waals surface area (Å²) in [5, 5.41) is 14.2. The number of rotatable bonds is 4. The van der Waals surface area contributed by atoms with E-state index >= 15 is 0 Å². The van der Waals surface area contributed by atoms with Gasteiger partial charge in [0.1, 0.15) is 0 Å². The van der Waals surface area contributed by atoms with E-state index in [4.69, 9.17) is 0 Å². The summed E-state index contributed by atoms with van der Waals surface area (Å²) in [6.45, 7) is 0.255. The minimum atomic E-state index is -0.473. The van der Waals surface area contributed by atoms with Crippen molar-refractivity contribution in [1.29, 1.82) is 0 Å². The molecule has 8 heteroatoms. The molecule has 0 spiro atoms. The van der Waals surface area contributed by atoms with E-state index in [0.29, 0.717) is 5.82 Å². The maximum Gasteiger partial charge on any atom is 0.328 e. The van der Waals surface area contributed by atoms with Gasteiger partial charge in [0, 0.05) is 17.8 Å². The third-order valence-electron chi connectivity index (χ3n) is 4.07. The number of nitrogens with zero attached hydrogens (tertiary/aromatic N) is 4. The van der Waals surface area contributed by atoms with E-state index in [2.05, 4.69) is 25.6 Å². The largest absolute Gasteiger partial charge is 0.328 e. The molecule has 128 valence electrons. The summed E-state index contributed by atoms with van der Waals surface area (Å²) in [5.41, 5.74) is 2.67. The van der Waals surface area contributed by atoms with Crippen LogP contribution in [-0.4, -0.2) is 30.2 Å². The molecule has 0 aliphatic heterocycles. The summed E-state index contributed by atoms with van der Waals surface area (Å²) < 4.78 is 1.44. The zero-order valence-corrected chi connectivity index (χ0v) is 13.6. The number of nitrogens with one attached hydrogen (secondary N) is 2. The first-order chi connectivity index (χ1) is 12.7. The summed E-state index contributed by atoms with van der Waals surface area (Å²) >= 11 is 0. The fourth-order valence-electron chi connectivity index (χ4n) is 2.87. The van der Waals surface area contributed by atoms with Crippen LogP contribution in [0.15, 0.2) is 70.4 Å². The Morgan fingerprint density at radius 1 is 0.923 bits per heavy atom. The maximum absolute atomic E-state index is 12.1. The second-order valence-electron chi connectivity index (χ2n) is 5.67. The van der Waals surface area contributed by atoms with Crippen LogP contribution in [0.1, 0.15) is 5.56 Å². The van der Waals surface area contributed by atoms with Gasteiger partial charge in [-0.15, -0.1) is 10.2 Å². The van der Waals surface area contributed by atoms with Crippen molar-refractivity contribution in [2.45, 2.75) is 6.54 Å². The van der Waals surface area contributed by atoms with Crippen LogP contribution in [0, 0.1) is 0 Å². The molecular weight excluding hydrogens is 332 g/mol. The van der Waals surface area contributed by atoms with Crippen molar-refractivity contribution in [2.75, 3.05) is 0 Å². The van der Waals surface area contributed by atoms with Crippen molar-refractivity contribution in [2.24, 2.45) is 0 Å². The van der Waals surface area contributed by atoms with Crippen molar-refractivity contribution in [3.63, 3.8) is 0 Å². The van der Waals surface area contributed by atoms with Crippen LogP contribution in [0.5, 0.6) is 0 Å². The average Bonchev–Trinajstić information content (AvgIpc) is 3.19. The van der Waals surface area contributed by atoms with Crippen LogP contribution in [-0.2, 0) is 6.54 Å². The van der Waals surface area contributed by atoms with E-state index < -0.39 is 11.2 Å². The van der Waals surface area contributed by atoms with E-state index in [1.165, 1.54) is 16.8 Å². The van der Waals surface area contributed by atoms with Gasteiger partial charge in [-0.2, -0.15) is 5.21 Å². The van der Waals surface area contributed by atoms with E-state index in [0.717, 1.165) is 22.3 Å². The highest BCUT2D eigenvalue weighted by Gasteiger charge is 2.15. The topological polar surface area (TPSA) is 109 Å². The quantitative estimate of drug-likeness (QED) is 0.581. The van der Waals surface area contributed by atoms with Gasteiger partial charge in [0.15, 0.2) is 0 Å². The molecule has 0 atom stereocenters. The molecule has 0 aliphatic rings. The predicted octanol–water partition coefficient (Wildman–Crippen LogP) is 1.43. The molecule has 0 unspecified atom stereocenters. The lowest BCUT2D eigenvalue weighted by atomic mass is 9.95. The van der Waals surface area contributed by atoms with Gasteiger partial charge in [-0.05, 0) is 21.9 Å². The molecule has 26 heavy (non-hydrogen) atoms. The SMILES string of the molecule is O=c1ccn(Cc2c(-c3ccccc3)cccc2-c2nn[nH]n2)c(=O)[nH]1. The number of benzene rings is 2. The van der Waals surface area contributed by atoms with E-state index in [9.17, 15) is 9.59 Å². The second kappa shape index (κ2) is 6.60. The lowest BCUT2D eigenvalue weighted by Gasteiger charge is -2.14. The lowest BCUT2D eigenvalue weighted by molar-refractivity contribution is 0.722. The Kier molecular flexibility index (Phi) is 3.98. The lowest BCUT2D eigenvalue weighted by Crippen LogP contribution is -2.29. The van der Waals surface area contributed by atoms with Crippen LogP contribution < -0.4 is 11.2 Å². The minimum absolute atomic E-state index is 0.255. The van der Waals surface area contributed by atoms with Crippen LogP contribution in [0.3, 0.4) is 0 Å². The monoisotopic (exact) mass is 346 g/mol. The molecule has 4 aromatic rings. The Balaban J connectivity index is 1.92. The minimum Gasteiger partial charge on any atom is -0.296 e. The Bertz CT molecular complexity index is 1150. The molecule has 0 saturated carbocycles. The number of aromatic amines is 2. The van der Waals surface area contributed by atoms with Gasteiger partial charge in [-0.25, -0.2) is 4.79 Å². The number of H-pyrrole nitrogens is 2. The molecule has 0 radical (unpaired) electrons. The molecule has 0 saturated heterocycles. The fourth-order valence-corrected chi connectivity index (χ4v) is 2.87. The highest BCUT2D eigenvalue weighted by atomic mass is 16.2. The second-order valence-corrected chi connectivity index (χ2v) is 5.67. The molecule has 0 aliphatic carbocycles. The van der Waals surface area contributed by atoms with E-state index in [1.54, 1.807) is 0 Å². The normalized spacial score (nSPS) is 10.8. The summed E-state index contributed by atoms with van der Waals surface area (Å²) in [6.07, 6.45) is 1.48. The van der Waals surface area contributed by atoms with Crippen LogP contribution >= 0.6 is 0 Å². The maximum atomic E-state index is 12.1. The summed E-state index contributed by atoms with van der Waals surface area (Å²) in [7, 11) is 0. The van der Waals surface area contributed by atoms with Gasteiger partial charge < -0.3 is 0 Å². The standard InChI is InChI=1S/C18H14N6O2/c25-16-9-10-24(18(26)19-16)11-15-13(12-5-2-1-3-6-12)7-4-8-14(15)17-20-22-23-21-17/h1-10H,11H2,(H,19,25,26)(H,20,21,22,23). The summed E-state index contributed by atoms with van der Waals surface area (Å²) in [6, 6.07) is 16.9. The Labute approximate surface area is 147 Å². The Morgan fingerprint density at radius 3 is 2.46 bits per heavy atom. The first-order valence-electron chi connectivity index (χ1n) is 7.93. The third kappa shape index (κ3) is 2.95. The van der Waals surface area contributed by atoms with E-state index in [-0.39, 0.29) is 6.54 Å². The number of aromatic nitrogens is 6. The number of tetrazole rings is 1. The van der Waals surface area contributed by atoms with Gasteiger partial charge in [-0.1, -0.05) is 48.5 Å². The Hall–Kier alpha value is -3.81. The predicted molar refractivity (Wildman–Crippen MR) is 95.5 cm³/mol. The average molecular weight is 346 g/mol. The summed E-state index contributed by atoms with van der Waals surface area (Å²) in [5.74, 6) is 0.440. The third-order valence-corrected chi connectivity index (χ3v) is 4.07. The highest BCUT2D eigenvalue weighted by Crippen LogP contribution is 2.31. The number of hydrogen-bond donors (Lipinski definition) is 2. The van der Waals surface area contributed by atoms with Crippen molar-refractivity contribution < 1.29 is 0 Å². The van der Waals surface area contributed by atoms with Crippen molar-refractivity contribution in [1.82, 2.24) is 30.2 Å². The molecule has 0 bridgehead atoms. The van der Waals surface area contributed by atoms with Crippen molar-refractivity contribution in [3.8, 4) is 22.5 Å². The number of hydrogen-bond acceptors (Lipinski definition) is 5. The van der Waals surface area contributed by atoms with Crippen LogP contribution in [0.4, 0.5) is 0 Å². The molecule has 2 heterocycles. The molecule has 2 aromatic heterocycles. The molecule has 2 aromatic carbocycles. The van der Waals surface area contributed by atoms with E-state index in [1.807, 2.05) is 48.5 Å². The van der Waals surface area contributed by atoms with Crippen LogP contribution in [0.25, 0.3) is 22.5 Å². The molecule has 8 nitrogen and oxygen atoms in total. The summed E-state index contributed by atoms with van der Waals surface area (Å²) in [4.78, 5) is 25.8. The Morgan fingerprint density at radius 2 is 1.73 bits per heavy atom. The smallest absolute Gasteiger partial charge is 0.296 e. The zero-order valence-electron chi connectivity index (χ0n) is 13.6. The van der Waals surface area contributed by atoms with Crippen LogP contribution in [0.2, 0.25) is 0 Å². The van der Waals surface area contributed by atoms with Gasteiger partial charge in [0.2, 0.25) is 5.82 Å². The molecule has 2 N–H and O–H groups in total. The van der Waals surface area contributed by atoms with Gasteiger partial charge in [0.25, 0.3) is 5.56 Å². The van der Waals surface area contributed by atoms with Crippen molar-refractivity contribution in [3.05, 3.63) is 87.2 Å². The molecule has 4 rings (SSSR count). The fraction of sp³-hybridized carbons (Fsp3) is 0.0556. The van der Waals surface area contributed by atoms with Gasteiger partial charge in [0.05, 0.1) is 6.54 Å². The molecule has 0 fully saturated rings. The molecular formula is C18H14N6O2. The first-order valence-corrected chi connectivity index (χ1v) is 7.93. The van der Waals surface area contributed by atoms with Gasteiger partial charge in [-0.3, -0.25) is 14.3 Å². The van der Waals surface area contributed by atoms with Crippen molar-refractivity contribution >= 4 is 0 Å². The molecule has 0 amide bonds. The zero-order chi connectivity index (χ0) is 17.9. The highest BCUT2D eigenvalue weighted by molar-refractivity contribution is 5.75.